The third kappa shape index (κ3) is 3.39. The molecule has 0 aromatic heterocycles. The largest absolute Gasteiger partial charge is 0.394 e. The number of hydrogen-bond acceptors (Lipinski definition) is 3. The molecule has 2 aromatic carbocycles. The van der Waals surface area contributed by atoms with Gasteiger partial charge >= 0.3 is 0 Å². The predicted molar refractivity (Wildman–Crippen MR) is 104 cm³/mol. The predicted octanol–water partition coefficient (Wildman–Crippen LogP) is 3.45. The third-order valence-corrected chi connectivity index (χ3v) is 5.50. The van der Waals surface area contributed by atoms with Crippen LogP contribution in [0.4, 0.5) is 0 Å². The molecule has 0 spiro atoms. The average molecular weight is 358 g/mol. The van der Waals surface area contributed by atoms with Crippen molar-refractivity contribution in [3.8, 4) is 6.07 Å². The first-order valence-electron chi connectivity index (χ1n) is 9.38. The van der Waals surface area contributed by atoms with Crippen LogP contribution >= 0.6 is 0 Å². The molecular formula is C23H22N2O2. The van der Waals surface area contributed by atoms with Crippen LogP contribution in [0.1, 0.15) is 35.4 Å². The first kappa shape index (κ1) is 17.5. The van der Waals surface area contributed by atoms with Crippen molar-refractivity contribution in [1.82, 2.24) is 4.90 Å². The number of carbonyl (C=O) groups excluding carboxylic acids is 1. The molecule has 4 heteroatoms. The van der Waals surface area contributed by atoms with E-state index in [4.69, 9.17) is 0 Å². The van der Waals surface area contributed by atoms with Gasteiger partial charge in [0.05, 0.1) is 18.7 Å². The van der Waals surface area contributed by atoms with Crippen LogP contribution in [-0.2, 0) is 4.79 Å². The molecule has 0 radical (unpaired) electrons. The first-order valence-corrected chi connectivity index (χ1v) is 9.38. The van der Waals surface area contributed by atoms with E-state index in [1.165, 1.54) is 0 Å². The van der Waals surface area contributed by atoms with E-state index in [9.17, 15) is 15.2 Å². The number of amides is 1. The number of likely N-dealkylation sites (tertiary alicyclic amines) is 1. The van der Waals surface area contributed by atoms with E-state index in [2.05, 4.69) is 12.1 Å². The number of hydrogen-bond donors (Lipinski definition) is 1. The normalized spacial score (nSPS) is 24.4. The molecule has 1 amide bonds. The SMILES string of the molecule is N#C[C@@H]1[C@@H](c2ccc(/C=C/c3ccccc3)cc2)[C@@H](CO)N1C(=O)C1CC1. The fourth-order valence-electron chi connectivity index (χ4n) is 3.84. The summed E-state index contributed by atoms with van der Waals surface area (Å²) in [7, 11) is 0. The number of aliphatic hydroxyl groups is 1. The summed E-state index contributed by atoms with van der Waals surface area (Å²) in [5.74, 6) is -0.0459. The van der Waals surface area contributed by atoms with Gasteiger partial charge in [0.15, 0.2) is 0 Å². The van der Waals surface area contributed by atoms with Crippen LogP contribution in [0.3, 0.4) is 0 Å². The van der Waals surface area contributed by atoms with Gasteiger partial charge in [0.1, 0.15) is 6.04 Å². The Morgan fingerprint density at radius 3 is 2.26 bits per heavy atom. The fourth-order valence-corrected chi connectivity index (χ4v) is 3.84. The summed E-state index contributed by atoms with van der Waals surface area (Å²) in [6.45, 7) is -0.114. The number of nitriles is 1. The molecule has 0 unspecified atom stereocenters. The van der Waals surface area contributed by atoms with Gasteiger partial charge in [-0.3, -0.25) is 4.79 Å². The monoisotopic (exact) mass is 358 g/mol. The minimum Gasteiger partial charge on any atom is -0.394 e. The zero-order valence-corrected chi connectivity index (χ0v) is 15.0. The van der Waals surface area contributed by atoms with Gasteiger partial charge in [-0.25, -0.2) is 0 Å². The van der Waals surface area contributed by atoms with Crippen LogP contribution in [0.2, 0.25) is 0 Å². The standard InChI is InChI=1S/C23H22N2O2/c24-14-20-22(21(15-26)25(20)23(27)19-12-13-19)18-10-8-17(9-11-18)7-6-16-4-2-1-3-5-16/h1-11,19-22,26H,12-13,15H2/b7-6+/t20-,21-,22-/m1/s1. The lowest BCUT2D eigenvalue weighted by atomic mass is 9.75. The van der Waals surface area contributed by atoms with Gasteiger partial charge in [-0.15, -0.1) is 0 Å². The Labute approximate surface area is 159 Å². The van der Waals surface area contributed by atoms with Crippen molar-refractivity contribution in [1.29, 1.82) is 5.26 Å². The lowest BCUT2D eigenvalue weighted by molar-refractivity contribution is -0.148. The van der Waals surface area contributed by atoms with Crippen molar-refractivity contribution in [2.45, 2.75) is 30.8 Å². The van der Waals surface area contributed by atoms with E-state index in [1.807, 2.05) is 60.7 Å². The minimum absolute atomic E-state index is 0.0271. The second-order valence-electron chi connectivity index (χ2n) is 7.28. The number of aliphatic hydroxyl groups excluding tert-OH is 1. The van der Waals surface area contributed by atoms with E-state index in [-0.39, 0.29) is 30.4 Å². The molecule has 0 bridgehead atoms. The first-order chi connectivity index (χ1) is 13.2. The Morgan fingerprint density at radius 2 is 1.70 bits per heavy atom. The molecule has 3 atom stereocenters. The van der Waals surface area contributed by atoms with Crippen molar-refractivity contribution >= 4 is 18.1 Å². The third-order valence-electron chi connectivity index (χ3n) is 5.50. The molecule has 136 valence electrons. The van der Waals surface area contributed by atoms with E-state index in [1.54, 1.807) is 4.90 Å². The molecule has 2 aliphatic rings. The van der Waals surface area contributed by atoms with Crippen LogP contribution in [0, 0.1) is 17.2 Å². The lowest BCUT2D eigenvalue weighted by Gasteiger charge is -2.51. The molecule has 4 rings (SSSR count). The van der Waals surface area contributed by atoms with Crippen LogP contribution < -0.4 is 0 Å². The highest BCUT2D eigenvalue weighted by atomic mass is 16.3. The van der Waals surface area contributed by atoms with Crippen molar-refractivity contribution in [3.63, 3.8) is 0 Å². The van der Waals surface area contributed by atoms with Gasteiger partial charge in [-0.2, -0.15) is 5.26 Å². The second kappa shape index (κ2) is 7.38. The van der Waals surface area contributed by atoms with E-state index < -0.39 is 6.04 Å². The zero-order chi connectivity index (χ0) is 18.8. The molecule has 1 heterocycles. The molecule has 1 saturated carbocycles. The second-order valence-corrected chi connectivity index (χ2v) is 7.28. The molecule has 1 aliphatic heterocycles. The lowest BCUT2D eigenvalue weighted by Crippen LogP contribution is -2.65. The van der Waals surface area contributed by atoms with Crippen LogP contribution in [0.5, 0.6) is 0 Å². The van der Waals surface area contributed by atoms with Gasteiger partial charge in [-0.1, -0.05) is 66.7 Å². The topological polar surface area (TPSA) is 64.3 Å². The van der Waals surface area contributed by atoms with E-state index in [0.717, 1.165) is 29.5 Å². The molecule has 2 aromatic rings. The molecule has 1 aliphatic carbocycles. The highest BCUT2D eigenvalue weighted by molar-refractivity contribution is 5.83. The Hall–Kier alpha value is -2.90. The van der Waals surface area contributed by atoms with Gasteiger partial charge in [0, 0.05) is 11.8 Å². The Morgan fingerprint density at radius 1 is 1.07 bits per heavy atom. The van der Waals surface area contributed by atoms with E-state index in [0.29, 0.717) is 0 Å². The van der Waals surface area contributed by atoms with Crippen molar-refractivity contribution in [2.24, 2.45) is 5.92 Å². The quantitative estimate of drug-likeness (QED) is 0.833. The van der Waals surface area contributed by atoms with Crippen molar-refractivity contribution in [2.75, 3.05) is 6.61 Å². The smallest absolute Gasteiger partial charge is 0.227 e. The minimum atomic E-state index is -0.485. The summed E-state index contributed by atoms with van der Waals surface area (Å²) in [5, 5.41) is 19.4. The van der Waals surface area contributed by atoms with Gasteiger partial charge < -0.3 is 10.0 Å². The molecule has 27 heavy (non-hydrogen) atoms. The fraction of sp³-hybridized carbons (Fsp3) is 0.304. The van der Waals surface area contributed by atoms with Crippen molar-refractivity contribution < 1.29 is 9.90 Å². The Kier molecular flexibility index (Phi) is 4.79. The Bertz CT molecular complexity index is 879. The average Bonchev–Trinajstić information content (AvgIpc) is 3.53. The zero-order valence-electron chi connectivity index (χ0n) is 15.0. The van der Waals surface area contributed by atoms with E-state index >= 15 is 0 Å². The van der Waals surface area contributed by atoms with Crippen molar-refractivity contribution in [3.05, 3.63) is 71.3 Å². The molecule has 4 nitrogen and oxygen atoms in total. The highest BCUT2D eigenvalue weighted by Crippen LogP contribution is 2.44. The number of rotatable bonds is 5. The summed E-state index contributed by atoms with van der Waals surface area (Å²) in [6, 6.07) is 19.6. The summed E-state index contributed by atoms with van der Waals surface area (Å²) < 4.78 is 0. The molecule has 1 saturated heterocycles. The van der Waals surface area contributed by atoms with Gasteiger partial charge in [0.2, 0.25) is 5.91 Å². The maximum Gasteiger partial charge on any atom is 0.227 e. The summed E-state index contributed by atoms with van der Waals surface area (Å²) in [4.78, 5) is 14.0. The van der Waals surface area contributed by atoms with Gasteiger partial charge in [0.25, 0.3) is 0 Å². The van der Waals surface area contributed by atoms with Crippen LogP contribution in [0.25, 0.3) is 12.2 Å². The van der Waals surface area contributed by atoms with Gasteiger partial charge in [-0.05, 0) is 29.5 Å². The number of benzene rings is 2. The van der Waals surface area contributed by atoms with Crippen LogP contribution in [-0.4, -0.2) is 34.6 Å². The summed E-state index contributed by atoms with van der Waals surface area (Å²) in [5.41, 5.74) is 3.21. The highest BCUT2D eigenvalue weighted by Gasteiger charge is 2.53. The summed E-state index contributed by atoms with van der Waals surface area (Å²) >= 11 is 0. The number of carbonyl (C=O) groups is 1. The molecule has 2 fully saturated rings. The molecule has 1 N–H and O–H groups in total. The maximum absolute atomic E-state index is 12.4. The van der Waals surface area contributed by atoms with Crippen LogP contribution in [0.15, 0.2) is 54.6 Å². The summed E-state index contributed by atoms with van der Waals surface area (Å²) in [6.07, 6.45) is 5.91. The Balaban J connectivity index is 1.50. The molecular weight excluding hydrogens is 336 g/mol. The maximum atomic E-state index is 12.4. The number of nitrogens with zero attached hydrogens (tertiary/aromatic N) is 2.